The van der Waals surface area contributed by atoms with Gasteiger partial charge in [0.2, 0.25) is 5.78 Å². The number of fused-ring (bicyclic) bond motifs is 3. The lowest BCUT2D eigenvalue weighted by Gasteiger charge is -2.45. The lowest BCUT2D eigenvalue weighted by Crippen LogP contribution is -2.57. The van der Waals surface area contributed by atoms with Gasteiger partial charge in [0, 0.05) is 36.6 Å². The highest BCUT2D eigenvalue weighted by Gasteiger charge is 2.59. The average Bonchev–Trinajstić information content (AvgIpc) is 2.88. The van der Waals surface area contributed by atoms with Gasteiger partial charge in [-0.3, -0.25) is 14.4 Å². The van der Waals surface area contributed by atoms with E-state index in [2.05, 4.69) is 5.32 Å². The molecular formula is C29H30N2O8. The van der Waals surface area contributed by atoms with Crippen molar-refractivity contribution in [2.75, 3.05) is 0 Å². The number of phenols is 2. The van der Waals surface area contributed by atoms with Gasteiger partial charge in [-0.15, -0.1) is 0 Å². The van der Waals surface area contributed by atoms with Gasteiger partial charge in [0.1, 0.15) is 28.6 Å². The minimum Gasteiger partial charge on any atom is -0.511 e. The topological polar surface area (TPSA) is 190 Å². The maximum Gasteiger partial charge on any atom is 0.255 e. The van der Waals surface area contributed by atoms with Crippen molar-refractivity contribution >= 4 is 17.5 Å². The van der Waals surface area contributed by atoms with Crippen LogP contribution in [0.1, 0.15) is 52.4 Å². The first kappa shape index (κ1) is 26.5. The van der Waals surface area contributed by atoms with Gasteiger partial charge in [0.15, 0.2) is 11.4 Å². The van der Waals surface area contributed by atoms with Gasteiger partial charge in [0.25, 0.3) is 5.91 Å². The van der Waals surface area contributed by atoms with Crippen LogP contribution in [-0.2, 0) is 35.5 Å². The Labute approximate surface area is 224 Å². The summed E-state index contributed by atoms with van der Waals surface area (Å²) < 4.78 is 0. The molecule has 204 valence electrons. The van der Waals surface area contributed by atoms with Crippen LogP contribution in [-0.4, -0.2) is 48.6 Å². The number of rotatable bonds is 6. The Morgan fingerprint density at radius 2 is 1.74 bits per heavy atom. The van der Waals surface area contributed by atoms with Crippen LogP contribution in [0.3, 0.4) is 0 Å². The fraction of sp³-hybridized carbons (Fsp3) is 0.345. The standard InChI is InChI=1S/C29H30N2O8/c1-2-14-7-16(12-31-11-13-3-5-18(32)6-4-13)24(34)22-19(14)9-15-8-17-10-20(33)23(28(30)38)27(37)29(17,39)26(36)21(15)25(22)35/h3-7,15,17,31-34,36,39H,2,8-12H2,1H3,(H2,30,38)/t15-,17+,29+/m1/s1. The van der Waals surface area contributed by atoms with E-state index < -0.39 is 52.0 Å². The Bertz CT molecular complexity index is 1470. The third kappa shape index (κ3) is 4.07. The number of benzene rings is 2. The Morgan fingerprint density at radius 1 is 1.05 bits per heavy atom. The van der Waals surface area contributed by atoms with Gasteiger partial charge < -0.3 is 36.6 Å². The Morgan fingerprint density at radius 3 is 2.38 bits per heavy atom. The zero-order chi connectivity index (χ0) is 28.2. The molecule has 10 heteroatoms. The quantitative estimate of drug-likeness (QED) is 0.272. The second-order valence-electron chi connectivity index (χ2n) is 10.4. The molecule has 0 fully saturated rings. The molecule has 0 aliphatic heterocycles. The van der Waals surface area contributed by atoms with Crippen molar-refractivity contribution in [3.63, 3.8) is 0 Å². The molecule has 8 N–H and O–H groups in total. The Balaban J connectivity index is 1.52. The van der Waals surface area contributed by atoms with Crippen LogP contribution in [0.5, 0.6) is 11.5 Å². The number of carbonyl (C=O) groups excluding carboxylic acids is 3. The number of aryl methyl sites for hydroxylation is 1. The van der Waals surface area contributed by atoms with Crippen molar-refractivity contribution in [1.29, 1.82) is 0 Å². The minimum atomic E-state index is -2.58. The molecule has 39 heavy (non-hydrogen) atoms. The van der Waals surface area contributed by atoms with E-state index in [0.29, 0.717) is 24.1 Å². The molecule has 3 aliphatic carbocycles. The first-order valence-electron chi connectivity index (χ1n) is 12.8. The van der Waals surface area contributed by atoms with Crippen molar-refractivity contribution in [3.8, 4) is 11.5 Å². The summed E-state index contributed by atoms with van der Waals surface area (Å²) in [5.74, 6) is -6.18. The summed E-state index contributed by atoms with van der Waals surface area (Å²) in [6, 6.07) is 8.51. The lowest BCUT2D eigenvalue weighted by atomic mass is 9.60. The second-order valence-corrected chi connectivity index (χ2v) is 10.4. The number of nitrogens with one attached hydrogen (secondary N) is 1. The van der Waals surface area contributed by atoms with E-state index >= 15 is 0 Å². The Kier molecular flexibility index (Phi) is 6.48. The number of Topliss-reactive ketones (excluding diaryl/α,β-unsaturated/α-hetero) is 2. The third-order valence-electron chi connectivity index (χ3n) is 8.20. The highest BCUT2D eigenvalue weighted by atomic mass is 16.3. The molecule has 1 amide bonds. The van der Waals surface area contributed by atoms with Crippen LogP contribution in [0.2, 0.25) is 0 Å². The fourth-order valence-electron chi connectivity index (χ4n) is 6.23. The minimum absolute atomic E-state index is 0.0207. The van der Waals surface area contributed by atoms with Gasteiger partial charge in [-0.25, -0.2) is 0 Å². The van der Waals surface area contributed by atoms with Gasteiger partial charge >= 0.3 is 0 Å². The molecule has 0 saturated carbocycles. The van der Waals surface area contributed by atoms with E-state index in [4.69, 9.17) is 5.73 Å². The molecule has 5 rings (SSSR count). The number of aliphatic hydroxyl groups excluding tert-OH is 2. The molecule has 3 atom stereocenters. The van der Waals surface area contributed by atoms with E-state index in [1.165, 1.54) is 0 Å². The molecule has 0 spiro atoms. The largest absolute Gasteiger partial charge is 0.511 e. The SMILES string of the molecule is CCc1cc(CNCc2ccc(O)cc2)c(O)c2c1C[C@H]1C[C@H]3CC(O)=C(C(N)=O)C(=O)[C@@]3(O)C(O)=C1C2=O. The lowest BCUT2D eigenvalue weighted by molar-refractivity contribution is -0.144. The van der Waals surface area contributed by atoms with Crippen molar-refractivity contribution in [3.05, 3.63) is 80.8 Å². The normalized spacial score (nSPS) is 24.4. The highest BCUT2D eigenvalue weighted by Crippen LogP contribution is 2.52. The first-order valence-corrected chi connectivity index (χ1v) is 12.8. The van der Waals surface area contributed by atoms with Gasteiger partial charge in [-0.1, -0.05) is 25.1 Å². The molecule has 10 nitrogen and oxygen atoms in total. The second kappa shape index (κ2) is 9.55. The summed E-state index contributed by atoms with van der Waals surface area (Å²) >= 11 is 0. The molecule has 0 heterocycles. The molecule has 0 saturated heterocycles. The van der Waals surface area contributed by atoms with Crippen LogP contribution < -0.4 is 11.1 Å². The van der Waals surface area contributed by atoms with Gasteiger partial charge in [-0.05, 0) is 54.0 Å². The van der Waals surface area contributed by atoms with E-state index in [1.54, 1.807) is 24.3 Å². The van der Waals surface area contributed by atoms with Crippen LogP contribution in [0.4, 0.5) is 0 Å². The van der Waals surface area contributed by atoms with E-state index in [9.17, 15) is 39.9 Å². The number of primary amides is 1. The monoisotopic (exact) mass is 534 g/mol. The molecule has 2 aromatic carbocycles. The number of nitrogens with two attached hydrogens (primary N) is 1. The number of phenolic OH excluding ortho intramolecular Hbond substituents is 2. The number of aromatic hydroxyl groups is 2. The highest BCUT2D eigenvalue weighted by molar-refractivity contribution is 6.24. The molecule has 0 aromatic heterocycles. The molecule has 3 aliphatic rings. The first-order chi connectivity index (χ1) is 18.5. The van der Waals surface area contributed by atoms with Crippen LogP contribution >= 0.6 is 0 Å². The molecule has 0 radical (unpaired) electrons. The summed E-state index contributed by atoms with van der Waals surface area (Å²) in [6.45, 7) is 2.60. The molecule has 2 aromatic rings. The van der Waals surface area contributed by atoms with E-state index in [1.807, 2.05) is 13.0 Å². The van der Waals surface area contributed by atoms with Gasteiger partial charge in [-0.2, -0.15) is 0 Å². The van der Waals surface area contributed by atoms with E-state index in [-0.39, 0.29) is 48.4 Å². The summed E-state index contributed by atoms with van der Waals surface area (Å²) in [5.41, 5.74) is 4.61. The van der Waals surface area contributed by atoms with E-state index in [0.717, 1.165) is 11.1 Å². The van der Waals surface area contributed by atoms with Crippen LogP contribution in [0, 0.1) is 11.8 Å². The summed E-state index contributed by atoms with van der Waals surface area (Å²) in [7, 11) is 0. The molecular weight excluding hydrogens is 504 g/mol. The number of carbonyl (C=O) groups is 3. The number of amides is 1. The zero-order valence-corrected chi connectivity index (χ0v) is 21.3. The van der Waals surface area contributed by atoms with Gasteiger partial charge in [0.05, 0.1) is 5.56 Å². The summed E-state index contributed by atoms with van der Waals surface area (Å²) in [5, 5.41) is 56.8. The number of ketones is 2. The van der Waals surface area contributed by atoms with Crippen molar-refractivity contribution in [2.24, 2.45) is 17.6 Å². The Hall–Kier alpha value is -4.15. The smallest absolute Gasteiger partial charge is 0.255 e. The molecule has 0 bridgehead atoms. The van der Waals surface area contributed by atoms with Crippen LogP contribution in [0.15, 0.2) is 53.0 Å². The predicted molar refractivity (Wildman–Crippen MR) is 139 cm³/mol. The number of aliphatic hydroxyl groups is 3. The number of hydrogen-bond donors (Lipinski definition) is 7. The maximum atomic E-state index is 13.8. The predicted octanol–water partition coefficient (Wildman–Crippen LogP) is 2.14. The van der Waals surface area contributed by atoms with Crippen molar-refractivity contribution in [1.82, 2.24) is 5.32 Å². The third-order valence-corrected chi connectivity index (χ3v) is 8.20. The number of allylic oxidation sites excluding steroid dienone is 2. The number of hydrogen-bond acceptors (Lipinski definition) is 9. The molecule has 0 unspecified atom stereocenters. The van der Waals surface area contributed by atoms with Crippen LogP contribution in [0.25, 0.3) is 0 Å². The summed E-state index contributed by atoms with van der Waals surface area (Å²) in [4.78, 5) is 38.7. The average molecular weight is 535 g/mol. The van der Waals surface area contributed by atoms with Crippen molar-refractivity contribution < 1.29 is 39.9 Å². The maximum absolute atomic E-state index is 13.8. The zero-order valence-electron chi connectivity index (χ0n) is 21.3. The summed E-state index contributed by atoms with van der Waals surface area (Å²) in [6.07, 6.45) is 0.706. The fourth-order valence-corrected chi connectivity index (χ4v) is 6.23. The van der Waals surface area contributed by atoms with Crippen molar-refractivity contribution in [2.45, 2.75) is 51.3 Å².